The molecule has 1 aromatic heterocycles. The molecule has 0 amide bonds. The summed E-state index contributed by atoms with van der Waals surface area (Å²) in [5, 5.41) is 1.00. The molecule has 0 aliphatic heterocycles. The lowest BCUT2D eigenvalue weighted by molar-refractivity contribution is 0.0544. The van der Waals surface area contributed by atoms with Gasteiger partial charge in [-0.25, -0.2) is 9.97 Å². The van der Waals surface area contributed by atoms with Crippen LogP contribution >= 0.6 is 0 Å². The fourth-order valence-electron chi connectivity index (χ4n) is 1.51. The minimum Gasteiger partial charge on any atom is -0.491 e. The number of methoxy groups -OCH3 is 1. The summed E-state index contributed by atoms with van der Waals surface area (Å²) in [6.07, 6.45) is 3.31. The van der Waals surface area contributed by atoms with Crippen molar-refractivity contribution in [3.8, 4) is 5.75 Å². The Hall–Kier alpha value is -1.72. The monoisotopic (exact) mass is 248 g/mol. The number of ether oxygens (including phenoxy) is 3. The summed E-state index contributed by atoms with van der Waals surface area (Å²) in [5.41, 5.74) is 0.878. The highest BCUT2D eigenvalue weighted by Crippen LogP contribution is 2.17. The maximum atomic E-state index is 5.57. The minimum atomic E-state index is 0.514. The molecule has 0 fully saturated rings. The topological polar surface area (TPSA) is 53.5 Å². The van der Waals surface area contributed by atoms with E-state index in [2.05, 4.69) is 9.97 Å². The highest BCUT2D eigenvalue weighted by Gasteiger charge is 1.98. The SMILES string of the molecule is COCCOCCOc1ccc2cncnc2c1. The van der Waals surface area contributed by atoms with Crippen LogP contribution in [0.1, 0.15) is 0 Å². The Kier molecular flexibility index (Phi) is 4.87. The number of benzene rings is 1. The standard InChI is InChI=1S/C13H16N2O3/c1-16-4-5-17-6-7-18-12-3-2-11-9-14-10-15-13(11)8-12/h2-3,8-10H,4-7H2,1H3. The van der Waals surface area contributed by atoms with E-state index in [-0.39, 0.29) is 0 Å². The highest BCUT2D eigenvalue weighted by molar-refractivity contribution is 5.78. The van der Waals surface area contributed by atoms with Crippen LogP contribution in [-0.4, -0.2) is 43.5 Å². The van der Waals surface area contributed by atoms with E-state index in [1.54, 1.807) is 13.3 Å². The van der Waals surface area contributed by atoms with Gasteiger partial charge in [-0.3, -0.25) is 0 Å². The Bertz CT molecular complexity index is 490. The number of rotatable bonds is 7. The maximum Gasteiger partial charge on any atom is 0.121 e. The van der Waals surface area contributed by atoms with Gasteiger partial charge >= 0.3 is 0 Å². The summed E-state index contributed by atoms with van der Waals surface area (Å²) in [6.45, 7) is 2.25. The molecule has 18 heavy (non-hydrogen) atoms. The van der Waals surface area contributed by atoms with Gasteiger partial charge in [0.15, 0.2) is 0 Å². The van der Waals surface area contributed by atoms with Gasteiger partial charge in [-0.1, -0.05) is 0 Å². The van der Waals surface area contributed by atoms with Gasteiger partial charge in [-0.2, -0.15) is 0 Å². The summed E-state index contributed by atoms with van der Waals surface area (Å²) in [4.78, 5) is 8.13. The largest absolute Gasteiger partial charge is 0.491 e. The molecule has 1 heterocycles. The van der Waals surface area contributed by atoms with E-state index in [1.807, 2.05) is 18.2 Å². The van der Waals surface area contributed by atoms with Crippen molar-refractivity contribution < 1.29 is 14.2 Å². The Labute approximate surface area is 106 Å². The Morgan fingerprint density at radius 2 is 2.00 bits per heavy atom. The Morgan fingerprint density at radius 3 is 2.89 bits per heavy atom. The third kappa shape index (κ3) is 3.65. The van der Waals surface area contributed by atoms with Crippen molar-refractivity contribution in [1.29, 1.82) is 0 Å². The summed E-state index contributed by atoms with van der Waals surface area (Å²) in [5.74, 6) is 0.788. The molecular formula is C13H16N2O3. The van der Waals surface area contributed by atoms with Crippen molar-refractivity contribution >= 4 is 10.9 Å². The van der Waals surface area contributed by atoms with E-state index < -0.39 is 0 Å². The van der Waals surface area contributed by atoms with E-state index >= 15 is 0 Å². The smallest absolute Gasteiger partial charge is 0.121 e. The molecule has 0 bridgehead atoms. The molecular weight excluding hydrogens is 232 g/mol. The molecule has 0 atom stereocenters. The third-order valence-electron chi connectivity index (χ3n) is 2.41. The summed E-state index contributed by atoms with van der Waals surface area (Å²) in [6, 6.07) is 5.74. The molecule has 0 unspecified atom stereocenters. The molecule has 0 radical (unpaired) electrons. The first-order chi connectivity index (χ1) is 8.90. The first kappa shape index (κ1) is 12.7. The van der Waals surface area contributed by atoms with Gasteiger partial charge in [0, 0.05) is 24.8 Å². The Balaban J connectivity index is 1.81. The molecule has 2 aromatic rings. The molecule has 5 nitrogen and oxygen atoms in total. The van der Waals surface area contributed by atoms with Crippen molar-refractivity contribution in [3.63, 3.8) is 0 Å². The van der Waals surface area contributed by atoms with Crippen LogP contribution in [0.2, 0.25) is 0 Å². The lowest BCUT2D eigenvalue weighted by Crippen LogP contribution is -2.09. The fourth-order valence-corrected chi connectivity index (χ4v) is 1.51. The zero-order chi connectivity index (χ0) is 12.6. The molecule has 2 rings (SSSR count). The summed E-state index contributed by atoms with van der Waals surface area (Å²) < 4.78 is 15.8. The molecule has 0 saturated heterocycles. The number of fused-ring (bicyclic) bond motifs is 1. The predicted molar refractivity (Wildman–Crippen MR) is 67.7 cm³/mol. The zero-order valence-corrected chi connectivity index (χ0v) is 10.3. The minimum absolute atomic E-state index is 0.514. The molecule has 0 saturated carbocycles. The quantitative estimate of drug-likeness (QED) is 0.698. The second kappa shape index (κ2) is 6.88. The van der Waals surface area contributed by atoms with E-state index in [1.165, 1.54) is 6.33 Å². The first-order valence-electron chi connectivity index (χ1n) is 5.79. The van der Waals surface area contributed by atoms with Gasteiger partial charge in [0.1, 0.15) is 18.7 Å². The second-order valence-corrected chi connectivity index (χ2v) is 3.70. The van der Waals surface area contributed by atoms with Crippen LogP contribution in [0.25, 0.3) is 10.9 Å². The van der Waals surface area contributed by atoms with Crippen LogP contribution in [0, 0.1) is 0 Å². The number of aromatic nitrogens is 2. The van der Waals surface area contributed by atoms with Crippen molar-refractivity contribution in [3.05, 3.63) is 30.7 Å². The van der Waals surface area contributed by atoms with Crippen LogP contribution in [0.5, 0.6) is 5.75 Å². The number of nitrogens with zero attached hydrogens (tertiary/aromatic N) is 2. The molecule has 0 aliphatic carbocycles. The molecule has 96 valence electrons. The van der Waals surface area contributed by atoms with Crippen LogP contribution in [0.3, 0.4) is 0 Å². The highest BCUT2D eigenvalue weighted by atomic mass is 16.5. The van der Waals surface area contributed by atoms with Crippen LogP contribution in [0.4, 0.5) is 0 Å². The predicted octanol–water partition coefficient (Wildman–Crippen LogP) is 1.67. The van der Waals surface area contributed by atoms with Gasteiger partial charge in [0.2, 0.25) is 0 Å². The summed E-state index contributed by atoms with van der Waals surface area (Å²) >= 11 is 0. The van der Waals surface area contributed by atoms with Crippen molar-refractivity contribution in [1.82, 2.24) is 9.97 Å². The van der Waals surface area contributed by atoms with Crippen LogP contribution in [-0.2, 0) is 9.47 Å². The zero-order valence-electron chi connectivity index (χ0n) is 10.3. The molecule has 5 heteroatoms. The fraction of sp³-hybridized carbons (Fsp3) is 0.385. The average molecular weight is 248 g/mol. The van der Waals surface area contributed by atoms with Gasteiger partial charge in [-0.15, -0.1) is 0 Å². The maximum absolute atomic E-state index is 5.57. The number of hydrogen-bond acceptors (Lipinski definition) is 5. The molecule has 1 aromatic carbocycles. The van der Waals surface area contributed by atoms with Gasteiger partial charge < -0.3 is 14.2 Å². The number of hydrogen-bond donors (Lipinski definition) is 0. The summed E-state index contributed by atoms with van der Waals surface area (Å²) in [7, 11) is 1.65. The van der Waals surface area contributed by atoms with Gasteiger partial charge in [-0.05, 0) is 12.1 Å². The van der Waals surface area contributed by atoms with Crippen LogP contribution in [0.15, 0.2) is 30.7 Å². The molecule has 0 aliphatic rings. The first-order valence-corrected chi connectivity index (χ1v) is 5.79. The van der Waals surface area contributed by atoms with E-state index in [0.717, 1.165) is 16.7 Å². The lowest BCUT2D eigenvalue weighted by Gasteiger charge is -2.07. The lowest BCUT2D eigenvalue weighted by atomic mass is 10.2. The van der Waals surface area contributed by atoms with Crippen LogP contribution < -0.4 is 4.74 Å². The van der Waals surface area contributed by atoms with Crippen molar-refractivity contribution in [2.75, 3.05) is 33.5 Å². The molecule has 0 N–H and O–H groups in total. The van der Waals surface area contributed by atoms with E-state index in [9.17, 15) is 0 Å². The average Bonchev–Trinajstić information content (AvgIpc) is 2.42. The van der Waals surface area contributed by atoms with E-state index in [4.69, 9.17) is 14.2 Å². The van der Waals surface area contributed by atoms with Crippen molar-refractivity contribution in [2.45, 2.75) is 0 Å². The Morgan fingerprint density at radius 1 is 1.11 bits per heavy atom. The van der Waals surface area contributed by atoms with Gasteiger partial charge in [0.05, 0.1) is 25.3 Å². The second-order valence-electron chi connectivity index (χ2n) is 3.70. The van der Waals surface area contributed by atoms with Gasteiger partial charge in [0.25, 0.3) is 0 Å². The molecule has 0 spiro atoms. The third-order valence-corrected chi connectivity index (χ3v) is 2.41. The van der Waals surface area contributed by atoms with E-state index in [0.29, 0.717) is 26.4 Å². The van der Waals surface area contributed by atoms with Crippen molar-refractivity contribution in [2.24, 2.45) is 0 Å². The normalized spacial score (nSPS) is 10.7.